The zero-order valence-electron chi connectivity index (χ0n) is 13.4. The van der Waals surface area contributed by atoms with Gasteiger partial charge in [0.2, 0.25) is 21.8 Å². The summed E-state index contributed by atoms with van der Waals surface area (Å²) in [6, 6.07) is 3.17. The Bertz CT molecular complexity index is 808. The maximum Gasteiger partial charge on any atom is 0.237 e. The number of amides is 2. The van der Waals surface area contributed by atoms with E-state index in [2.05, 4.69) is 0 Å². The van der Waals surface area contributed by atoms with Crippen molar-refractivity contribution in [2.45, 2.75) is 49.9 Å². The predicted octanol–water partition coefficient (Wildman–Crippen LogP) is 1.45. The van der Waals surface area contributed by atoms with Crippen LogP contribution >= 0.6 is 0 Å². The Labute approximate surface area is 144 Å². The second kappa shape index (κ2) is 6.70. The predicted molar refractivity (Wildman–Crippen MR) is 84.6 cm³/mol. The van der Waals surface area contributed by atoms with E-state index in [-0.39, 0.29) is 30.9 Å². The van der Waals surface area contributed by atoms with Gasteiger partial charge in [0.15, 0.2) is 11.6 Å². The molecule has 0 aromatic heterocycles. The van der Waals surface area contributed by atoms with Crippen LogP contribution in [0.4, 0.5) is 8.78 Å². The Morgan fingerprint density at radius 2 is 1.96 bits per heavy atom. The fourth-order valence-corrected chi connectivity index (χ4v) is 4.28. The van der Waals surface area contributed by atoms with E-state index < -0.39 is 38.9 Å². The molecule has 9 heteroatoms. The van der Waals surface area contributed by atoms with E-state index in [0.717, 1.165) is 6.07 Å². The molecule has 1 unspecified atom stereocenters. The third-order valence-corrected chi connectivity index (χ3v) is 6.33. The van der Waals surface area contributed by atoms with Crippen LogP contribution in [0.2, 0.25) is 0 Å². The quantitative estimate of drug-likeness (QED) is 0.819. The van der Waals surface area contributed by atoms with Crippen molar-refractivity contribution in [3.05, 3.63) is 35.4 Å². The molecule has 6 nitrogen and oxygen atoms in total. The second-order valence-electron chi connectivity index (χ2n) is 6.40. The highest BCUT2D eigenvalue weighted by atomic mass is 32.2. The summed E-state index contributed by atoms with van der Waals surface area (Å²) in [5.41, 5.74) is 0.0197. The molecule has 0 spiro atoms. The number of nitrogens with zero attached hydrogens (tertiary/aromatic N) is 1. The molecule has 1 aliphatic carbocycles. The normalized spacial score (nSPS) is 20.8. The van der Waals surface area contributed by atoms with Gasteiger partial charge in [-0.05, 0) is 25.3 Å². The lowest BCUT2D eigenvalue weighted by Crippen LogP contribution is -2.39. The molecule has 1 saturated heterocycles. The van der Waals surface area contributed by atoms with E-state index in [1.165, 1.54) is 17.0 Å². The standard InChI is InChI=1S/C16H18F2N2O4S/c17-13-3-1-2-10(16(13)18)9-20-11(4-7-15(20)22)8-14(21)19-25(23,24)12-5-6-12/h1-3,11-12H,4-9H2,(H,19,21). The summed E-state index contributed by atoms with van der Waals surface area (Å²) in [6.45, 7) is -0.157. The van der Waals surface area contributed by atoms with Crippen molar-refractivity contribution in [1.29, 1.82) is 0 Å². The summed E-state index contributed by atoms with van der Waals surface area (Å²) in [4.78, 5) is 25.3. The first-order valence-electron chi connectivity index (χ1n) is 8.05. The highest BCUT2D eigenvalue weighted by molar-refractivity contribution is 7.90. The SMILES string of the molecule is O=C(CC1CCC(=O)N1Cc1cccc(F)c1F)NS(=O)(=O)C1CC1. The molecule has 1 aromatic carbocycles. The minimum Gasteiger partial charge on any atom is -0.335 e. The molecular formula is C16H18F2N2O4S. The van der Waals surface area contributed by atoms with Gasteiger partial charge in [0.25, 0.3) is 0 Å². The number of sulfonamides is 1. The summed E-state index contributed by atoms with van der Waals surface area (Å²) >= 11 is 0. The van der Waals surface area contributed by atoms with Crippen LogP contribution in [-0.2, 0) is 26.2 Å². The van der Waals surface area contributed by atoms with Crippen LogP contribution in [0.5, 0.6) is 0 Å². The number of rotatable bonds is 6. The number of hydrogen-bond donors (Lipinski definition) is 1. The lowest BCUT2D eigenvalue weighted by Gasteiger charge is -2.24. The summed E-state index contributed by atoms with van der Waals surface area (Å²) in [5.74, 6) is -2.99. The monoisotopic (exact) mass is 372 g/mol. The van der Waals surface area contributed by atoms with E-state index in [0.29, 0.717) is 19.3 Å². The van der Waals surface area contributed by atoms with Crippen LogP contribution in [0.3, 0.4) is 0 Å². The molecule has 3 rings (SSSR count). The molecule has 0 bridgehead atoms. The van der Waals surface area contributed by atoms with Gasteiger partial charge in [-0.1, -0.05) is 12.1 Å². The average Bonchev–Trinajstić information content (AvgIpc) is 3.33. The molecule has 2 amide bonds. The number of nitrogens with one attached hydrogen (secondary N) is 1. The van der Waals surface area contributed by atoms with Gasteiger partial charge in [-0.2, -0.15) is 0 Å². The topological polar surface area (TPSA) is 83.6 Å². The van der Waals surface area contributed by atoms with Gasteiger partial charge in [0.1, 0.15) is 0 Å². The van der Waals surface area contributed by atoms with Crippen molar-refractivity contribution in [3.63, 3.8) is 0 Å². The Balaban J connectivity index is 1.67. The van der Waals surface area contributed by atoms with Crippen molar-refractivity contribution >= 4 is 21.8 Å². The third kappa shape index (κ3) is 3.97. The number of carbonyl (C=O) groups is 2. The first kappa shape index (κ1) is 17.8. The third-order valence-electron chi connectivity index (χ3n) is 4.47. The molecule has 1 saturated carbocycles. The molecule has 0 radical (unpaired) electrons. The van der Waals surface area contributed by atoms with Gasteiger partial charge >= 0.3 is 0 Å². The van der Waals surface area contributed by atoms with Gasteiger partial charge in [0.05, 0.1) is 5.25 Å². The van der Waals surface area contributed by atoms with Gasteiger partial charge in [-0.15, -0.1) is 0 Å². The van der Waals surface area contributed by atoms with E-state index in [4.69, 9.17) is 0 Å². The largest absolute Gasteiger partial charge is 0.335 e. The number of halogens is 2. The Morgan fingerprint density at radius 3 is 2.64 bits per heavy atom. The van der Waals surface area contributed by atoms with Crippen molar-refractivity contribution in [1.82, 2.24) is 9.62 Å². The van der Waals surface area contributed by atoms with Crippen LogP contribution in [0.1, 0.15) is 37.7 Å². The number of hydrogen-bond acceptors (Lipinski definition) is 4. The Morgan fingerprint density at radius 1 is 1.24 bits per heavy atom. The summed E-state index contributed by atoms with van der Waals surface area (Å²) in [7, 11) is -3.64. The van der Waals surface area contributed by atoms with Crippen LogP contribution < -0.4 is 4.72 Å². The van der Waals surface area contributed by atoms with Gasteiger partial charge < -0.3 is 4.90 Å². The fraction of sp³-hybridized carbons (Fsp3) is 0.500. The smallest absolute Gasteiger partial charge is 0.237 e. The second-order valence-corrected chi connectivity index (χ2v) is 8.36. The Kier molecular flexibility index (Phi) is 4.77. The zero-order chi connectivity index (χ0) is 18.2. The highest BCUT2D eigenvalue weighted by Crippen LogP contribution is 2.28. The van der Waals surface area contributed by atoms with Crippen LogP contribution in [-0.4, -0.2) is 36.4 Å². The maximum absolute atomic E-state index is 13.8. The first-order chi connectivity index (χ1) is 11.8. The molecule has 1 aliphatic heterocycles. The summed E-state index contributed by atoms with van der Waals surface area (Å²) in [6.07, 6.45) is 1.44. The summed E-state index contributed by atoms with van der Waals surface area (Å²) in [5, 5.41) is -0.515. The van der Waals surface area contributed by atoms with E-state index in [9.17, 15) is 26.8 Å². The molecular weight excluding hydrogens is 354 g/mol. The molecule has 136 valence electrons. The summed E-state index contributed by atoms with van der Waals surface area (Å²) < 4.78 is 52.7. The molecule has 1 heterocycles. The van der Waals surface area contributed by atoms with Crippen molar-refractivity contribution in [3.8, 4) is 0 Å². The van der Waals surface area contributed by atoms with Crippen molar-refractivity contribution in [2.75, 3.05) is 0 Å². The van der Waals surface area contributed by atoms with Crippen LogP contribution in [0.25, 0.3) is 0 Å². The molecule has 2 fully saturated rings. The molecule has 1 N–H and O–H groups in total. The minimum atomic E-state index is -3.64. The molecule has 1 aromatic rings. The zero-order valence-corrected chi connectivity index (χ0v) is 14.2. The maximum atomic E-state index is 13.8. The van der Waals surface area contributed by atoms with Crippen LogP contribution in [0.15, 0.2) is 18.2 Å². The van der Waals surface area contributed by atoms with Crippen LogP contribution in [0, 0.1) is 11.6 Å². The van der Waals surface area contributed by atoms with E-state index >= 15 is 0 Å². The van der Waals surface area contributed by atoms with E-state index in [1.54, 1.807) is 0 Å². The Hall–Kier alpha value is -2.03. The lowest BCUT2D eigenvalue weighted by atomic mass is 10.1. The molecule has 2 aliphatic rings. The van der Waals surface area contributed by atoms with Gasteiger partial charge in [-0.3, -0.25) is 14.3 Å². The average molecular weight is 372 g/mol. The van der Waals surface area contributed by atoms with Crippen molar-refractivity contribution < 1.29 is 26.8 Å². The first-order valence-corrected chi connectivity index (χ1v) is 9.59. The van der Waals surface area contributed by atoms with Gasteiger partial charge in [0, 0.05) is 31.0 Å². The number of carbonyl (C=O) groups excluding carboxylic acids is 2. The molecule has 25 heavy (non-hydrogen) atoms. The minimum absolute atomic E-state index is 0.0197. The van der Waals surface area contributed by atoms with E-state index in [1.807, 2.05) is 4.72 Å². The molecule has 1 atom stereocenters. The van der Waals surface area contributed by atoms with Crippen molar-refractivity contribution in [2.24, 2.45) is 0 Å². The fourth-order valence-electron chi connectivity index (χ4n) is 2.95. The number of benzene rings is 1. The number of likely N-dealkylation sites (tertiary alicyclic amines) is 1. The van der Waals surface area contributed by atoms with Gasteiger partial charge in [-0.25, -0.2) is 17.2 Å². The highest BCUT2D eigenvalue weighted by Gasteiger charge is 2.38. The lowest BCUT2D eigenvalue weighted by molar-refractivity contribution is -0.130.